The van der Waals surface area contributed by atoms with E-state index in [0.29, 0.717) is 29.5 Å². The second-order valence-corrected chi connectivity index (χ2v) is 10.1. The summed E-state index contributed by atoms with van der Waals surface area (Å²) in [7, 11) is 0. The first-order valence-corrected chi connectivity index (χ1v) is 10.2. The molecule has 7 atom stereocenters. The third-order valence-electron chi connectivity index (χ3n) is 9.11. The molecule has 0 aromatic rings. The van der Waals surface area contributed by atoms with Gasteiger partial charge in [0.15, 0.2) is 5.78 Å². The Kier molecular flexibility index (Phi) is 3.64. The molecule has 0 bridgehead atoms. The maximum absolute atomic E-state index is 12.0. The monoisotopic (exact) mass is 330 g/mol. The second-order valence-electron chi connectivity index (χ2n) is 10.1. The number of hydrogen-bond acceptors (Lipinski definition) is 2. The summed E-state index contributed by atoms with van der Waals surface area (Å²) >= 11 is 0. The van der Waals surface area contributed by atoms with Gasteiger partial charge >= 0.3 is 0 Å². The Labute approximate surface area is 147 Å². The summed E-state index contributed by atoms with van der Waals surface area (Å²) in [5.41, 5.74) is 1.23. The lowest BCUT2D eigenvalue weighted by molar-refractivity contribution is -0.190. The molecule has 3 saturated carbocycles. The number of hydrogen-bond donors (Lipinski definition) is 1. The summed E-state index contributed by atoms with van der Waals surface area (Å²) < 4.78 is 0. The molecular weight excluding hydrogens is 296 g/mol. The molecule has 2 nitrogen and oxygen atoms in total. The predicted molar refractivity (Wildman–Crippen MR) is 96.5 cm³/mol. The highest BCUT2D eigenvalue weighted by atomic mass is 16.3. The molecule has 4 rings (SSSR count). The van der Waals surface area contributed by atoms with Crippen molar-refractivity contribution < 1.29 is 9.90 Å². The number of aliphatic hydroxyl groups is 1. The Morgan fingerprint density at radius 3 is 2.58 bits per heavy atom. The highest BCUT2D eigenvalue weighted by molar-refractivity contribution is 5.91. The van der Waals surface area contributed by atoms with Crippen LogP contribution in [0.2, 0.25) is 0 Å². The number of allylic oxidation sites excluding steroid dienone is 2. The minimum Gasteiger partial charge on any atom is -0.390 e. The van der Waals surface area contributed by atoms with E-state index in [9.17, 15) is 9.90 Å². The Balaban J connectivity index is 1.75. The van der Waals surface area contributed by atoms with Gasteiger partial charge in [-0.25, -0.2) is 0 Å². The number of carbonyl (C=O) groups is 1. The number of ketones is 1. The van der Waals surface area contributed by atoms with E-state index in [0.717, 1.165) is 32.1 Å². The van der Waals surface area contributed by atoms with Crippen LogP contribution < -0.4 is 0 Å². The van der Waals surface area contributed by atoms with Crippen LogP contribution in [0.5, 0.6) is 0 Å². The molecule has 2 heteroatoms. The Hall–Kier alpha value is -0.630. The maximum Gasteiger partial charge on any atom is 0.155 e. The molecule has 0 saturated heterocycles. The maximum atomic E-state index is 12.0. The molecule has 7 unspecified atom stereocenters. The lowest BCUT2D eigenvalue weighted by Crippen LogP contribution is -2.61. The van der Waals surface area contributed by atoms with Crippen molar-refractivity contribution in [1.29, 1.82) is 0 Å². The summed E-state index contributed by atoms with van der Waals surface area (Å²) in [6.07, 6.45) is 10.7. The molecule has 0 aromatic carbocycles. The smallest absolute Gasteiger partial charge is 0.155 e. The SMILES string of the molecule is CC1CC2=CC(=O)CCC2(C)C2CCC3(C)C(CCCC3(C)O)C12. The van der Waals surface area contributed by atoms with Gasteiger partial charge in [-0.2, -0.15) is 0 Å². The molecule has 0 aromatic heterocycles. The molecule has 0 heterocycles. The van der Waals surface area contributed by atoms with Gasteiger partial charge in [0.25, 0.3) is 0 Å². The van der Waals surface area contributed by atoms with E-state index in [1.807, 2.05) is 6.08 Å². The third-order valence-corrected chi connectivity index (χ3v) is 9.11. The lowest BCUT2D eigenvalue weighted by Gasteiger charge is -2.65. The molecule has 24 heavy (non-hydrogen) atoms. The molecule has 0 radical (unpaired) electrons. The molecule has 1 N–H and O–H groups in total. The van der Waals surface area contributed by atoms with E-state index in [2.05, 4.69) is 27.7 Å². The Morgan fingerprint density at radius 2 is 1.83 bits per heavy atom. The number of fused-ring (bicyclic) bond motifs is 5. The summed E-state index contributed by atoms with van der Waals surface area (Å²) in [6.45, 7) is 9.32. The van der Waals surface area contributed by atoms with Crippen molar-refractivity contribution in [3.63, 3.8) is 0 Å². The zero-order valence-electron chi connectivity index (χ0n) is 15.9. The van der Waals surface area contributed by atoms with E-state index in [1.165, 1.54) is 24.8 Å². The van der Waals surface area contributed by atoms with Crippen LogP contribution in [0.4, 0.5) is 0 Å². The van der Waals surface area contributed by atoms with Crippen molar-refractivity contribution in [2.45, 2.75) is 84.7 Å². The molecular formula is C22H34O2. The highest BCUT2D eigenvalue weighted by Crippen LogP contribution is 2.67. The number of carbonyl (C=O) groups excluding carboxylic acids is 1. The van der Waals surface area contributed by atoms with Gasteiger partial charge < -0.3 is 5.11 Å². The van der Waals surface area contributed by atoms with Crippen molar-refractivity contribution in [3.8, 4) is 0 Å². The summed E-state index contributed by atoms with van der Waals surface area (Å²) in [5, 5.41) is 11.2. The topological polar surface area (TPSA) is 37.3 Å². The first kappa shape index (κ1) is 16.8. The van der Waals surface area contributed by atoms with Crippen molar-refractivity contribution >= 4 is 5.78 Å². The van der Waals surface area contributed by atoms with Crippen molar-refractivity contribution in [3.05, 3.63) is 11.6 Å². The van der Waals surface area contributed by atoms with Crippen LogP contribution in [0.15, 0.2) is 11.6 Å². The van der Waals surface area contributed by atoms with Crippen LogP contribution in [-0.4, -0.2) is 16.5 Å². The van der Waals surface area contributed by atoms with Crippen LogP contribution in [0.1, 0.15) is 79.1 Å². The van der Waals surface area contributed by atoms with E-state index in [1.54, 1.807) is 0 Å². The second kappa shape index (κ2) is 5.19. The van der Waals surface area contributed by atoms with Crippen molar-refractivity contribution in [2.75, 3.05) is 0 Å². The normalized spacial score (nSPS) is 54.4. The van der Waals surface area contributed by atoms with Gasteiger partial charge in [0.1, 0.15) is 0 Å². The summed E-state index contributed by atoms with van der Waals surface area (Å²) in [4.78, 5) is 12.0. The van der Waals surface area contributed by atoms with Gasteiger partial charge in [-0.15, -0.1) is 0 Å². The van der Waals surface area contributed by atoms with Gasteiger partial charge in [0.05, 0.1) is 5.60 Å². The molecule has 0 spiro atoms. The number of rotatable bonds is 0. The average molecular weight is 331 g/mol. The first-order valence-electron chi connectivity index (χ1n) is 10.2. The van der Waals surface area contributed by atoms with Gasteiger partial charge in [-0.3, -0.25) is 4.79 Å². The minimum absolute atomic E-state index is 0.0722. The fourth-order valence-corrected chi connectivity index (χ4v) is 7.38. The molecule has 4 aliphatic carbocycles. The van der Waals surface area contributed by atoms with Gasteiger partial charge in [0, 0.05) is 6.42 Å². The quantitative estimate of drug-likeness (QED) is 0.685. The summed E-state index contributed by atoms with van der Waals surface area (Å²) in [6, 6.07) is 0. The lowest BCUT2D eigenvalue weighted by atomic mass is 9.41. The molecule has 3 fully saturated rings. The van der Waals surface area contributed by atoms with E-state index >= 15 is 0 Å². The largest absolute Gasteiger partial charge is 0.390 e. The van der Waals surface area contributed by atoms with Gasteiger partial charge in [-0.1, -0.05) is 32.8 Å². The van der Waals surface area contributed by atoms with E-state index < -0.39 is 5.60 Å². The van der Waals surface area contributed by atoms with Crippen LogP contribution in [0, 0.1) is 34.5 Å². The van der Waals surface area contributed by atoms with Crippen LogP contribution in [0.3, 0.4) is 0 Å². The van der Waals surface area contributed by atoms with Crippen LogP contribution >= 0.6 is 0 Å². The van der Waals surface area contributed by atoms with E-state index in [4.69, 9.17) is 0 Å². The Morgan fingerprint density at radius 1 is 1.08 bits per heavy atom. The molecule has 0 aliphatic heterocycles. The molecule has 0 amide bonds. The average Bonchev–Trinajstić information content (AvgIpc) is 2.50. The molecule has 4 aliphatic rings. The fraction of sp³-hybridized carbons (Fsp3) is 0.864. The standard InChI is InChI=1S/C22H34O2/c1-14-12-15-13-16(23)7-10-20(15,2)17-8-11-21(3)18(19(14)17)6-5-9-22(21,4)24/h13-14,17-19,24H,5-12H2,1-4H3. The van der Waals surface area contributed by atoms with Gasteiger partial charge in [0.2, 0.25) is 0 Å². The van der Waals surface area contributed by atoms with Crippen LogP contribution in [-0.2, 0) is 4.79 Å². The van der Waals surface area contributed by atoms with Crippen LogP contribution in [0.25, 0.3) is 0 Å². The summed E-state index contributed by atoms with van der Waals surface area (Å²) in [5.74, 6) is 3.04. The first-order chi connectivity index (χ1) is 11.2. The van der Waals surface area contributed by atoms with Crippen molar-refractivity contribution in [1.82, 2.24) is 0 Å². The van der Waals surface area contributed by atoms with Crippen molar-refractivity contribution in [2.24, 2.45) is 34.5 Å². The van der Waals surface area contributed by atoms with Gasteiger partial charge in [-0.05, 0) is 86.0 Å². The third kappa shape index (κ3) is 2.08. The Bertz CT molecular complexity index is 589. The predicted octanol–water partition coefficient (Wildman–Crippen LogP) is 4.91. The zero-order valence-corrected chi connectivity index (χ0v) is 15.9. The minimum atomic E-state index is -0.514. The highest BCUT2D eigenvalue weighted by Gasteiger charge is 2.61. The zero-order chi connectivity index (χ0) is 17.3. The van der Waals surface area contributed by atoms with E-state index in [-0.39, 0.29) is 10.8 Å². The molecule has 134 valence electrons. The fourth-order valence-electron chi connectivity index (χ4n) is 7.38.